The summed E-state index contributed by atoms with van der Waals surface area (Å²) in [5.41, 5.74) is 1.73. The Morgan fingerprint density at radius 3 is 3.04 bits per heavy atom. The Bertz CT molecular complexity index is 751. The third kappa shape index (κ3) is 2.19. The number of rotatable bonds is 2. The van der Waals surface area contributed by atoms with Crippen molar-refractivity contribution in [1.29, 1.82) is 5.26 Å². The summed E-state index contributed by atoms with van der Waals surface area (Å²) in [5.74, 6) is 0.529. The van der Waals surface area contributed by atoms with E-state index in [-0.39, 0.29) is 16.7 Å². The van der Waals surface area contributed by atoms with Crippen molar-refractivity contribution in [2.75, 3.05) is 11.1 Å². The summed E-state index contributed by atoms with van der Waals surface area (Å²) in [7, 11) is 0. The molecule has 1 aromatic rings. The van der Waals surface area contributed by atoms with Crippen molar-refractivity contribution in [2.24, 2.45) is 0 Å². The van der Waals surface area contributed by atoms with Crippen LogP contribution in [0.3, 0.4) is 0 Å². The van der Waals surface area contributed by atoms with E-state index in [1.807, 2.05) is 6.92 Å². The number of carbonyl (C=O) groups is 2. The van der Waals surface area contributed by atoms with Crippen LogP contribution in [-0.4, -0.2) is 33.4 Å². The van der Waals surface area contributed by atoms with Gasteiger partial charge in [0.05, 0.1) is 10.4 Å². The van der Waals surface area contributed by atoms with Crippen LogP contribution in [0.15, 0.2) is 0 Å². The predicted molar refractivity (Wildman–Crippen MR) is 90.4 cm³/mol. The van der Waals surface area contributed by atoms with Crippen molar-refractivity contribution in [3.8, 4) is 6.07 Å². The number of nitrogens with one attached hydrogen (secondary N) is 1. The molecule has 4 rings (SSSR count). The van der Waals surface area contributed by atoms with Gasteiger partial charge in [0, 0.05) is 17.1 Å². The number of aryl methyl sites for hydroxylation is 1. The first-order chi connectivity index (χ1) is 11.0. The fraction of sp³-hybridized carbons (Fsp3) is 0.562. The molecule has 5 nitrogen and oxygen atoms in total. The van der Waals surface area contributed by atoms with Crippen LogP contribution in [0.2, 0.25) is 0 Å². The van der Waals surface area contributed by atoms with E-state index in [0.29, 0.717) is 22.7 Å². The van der Waals surface area contributed by atoms with Crippen molar-refractivity contribution < 1.29 is 9.59 Å². The lowest BCUT2D eigenvalue weighted by Crippen LogP contribution is -2.48. The Kier molecular flexibility index (Phi) is 3.43. The van der Waals surface area contributed by atoms with Crippen LogP contribution in [0.4, 0.5) is 5.00 Å². The van der Waals surface area contributed by atoms with Crippen molar-refractivity contribution in [2.45, 2.75) is 49.9 Å². The van der Waals surface area contributed by atoms with Crippen molar-refractivity contribution in [3.63, 3.8) is 0 Å². The van der Waals surface area contributed by atoms with Gasteiger partial charge in [-0.1, -0.05) is 0 Å². The maximum Gasteiger partial charge on any atom is 0.248 e. The summed E-state index contributed by atoms with van der Waals surface area (Å²) in [6.07, 6.45) is 4.32. The zero-order chi connectivity index (χ0) is 16.2. The number of carbonyl (C=O) groups excluding carboxylic acids is 2. The highest BCUT2D eigenvalue weighted by Gasteiger charge is 2.53. The van der Waals surface area contributed by atoms with Gasteiger partial charge in [-0.2, -0.15) is 5.26 Å². The minimum Gasteiger partial charge on any atom is -0.315 e. The van der Waals surface area contributed by atoms with Gasteiger partial charge >= 0.3 is 0 Å². The number of hydrogen-bond acceptors (Lipinski definition) is 5. The summed E-state index contributed by atoms with van der Waals surface area (Å²) in [4.78, 5) is 27.6. The first kappa shape index (κ1) is 15.0. The number of amides is 2. The lowest BCUT2D eigenvalue weighted by Gasteiger charge is -2.29. The summed E-state index contributed by atoms with van der Waals surface area (Å²) in [6, 6.07) is 1.82. The van der Waals surface area contributed by atoms with Crippen LogP contribution in [0.5, 0.6) is 0 Å². The van der Waals surface area contributed by atoms with E-state index in [4.69, 9.17) is 0 Å². The lowest BCUT2D eigenvalue weighted by molar-refractivity contribution is -0.135. The molecule has 23 heavy (non-hydrogen) atoms. The zero-order valence-electron chi connectivity index (χ0n) is 12.8. The second-order valence-corrected chi connectivity index (χ2v) is 9.03. The smallest absolute Gasteiger partial charge is 0.248 e. The van der Waals surface area contributed by atoms with Crippen LogP contribution in [0.1, 0.15) is 42.2 Å². The average Bonchev–Trinajstić information content (AvgIpc) is 3.21. The van der Waals surface area contributed by atoms with E-state index in [0.717, 1.165) is 31.2 Å². The highest BCUT2D eigenvalue weighted by molar-refractivity contribution is 8.01. The van der Waals surface area contributed by atoms with Crippen molar-refractivity contribution in [1.82, 2.24) is 4.90 Å². The Hall–Kier alpha value is -1.52. The highest BCUT2D eigenvalue weighted by Crippen LogP contribution is 2.47. The molecule has 2 aliphatic heterocycles. The zero-order valence-corrected chi connectivity index (χ0v) is 14.5. The van der Waals surface area contributed by atoms with E-state index < -0.39 is 6.04 Å². The minimum atomic E-state index is -0.427. The standard InChI is InChI=1S/C16H17N3O2S2/c1-16-6-5-13(20)19(16)11(8-22-16)14(21)18-15-10(7-17)9-3-2-4-12(9)23-15/h11H,2-6,8H2,1H3,(H,18,21)/t11-,16+/m1/s1. The highest BCUT2D eigenvalue weighted by atomic mass is 32.2. The van der Waals surface area contributed by atoms with Crippen LogP contribution in [0, 0.1) is 11.3 Å². The predicted octanol–water partition coefficient (Wildman–Crippen LogP) is 2.50. The van der Waals surface area contributed by atoms with Gasteiger partial charge in [0.25, 0.3) is 0 Å². The number of nitriles is 1. The van der Waals surface area contributed by atoms with Crippen molar-refractivity contribution in [3.05, 3.63) is 16.0 Å². The molecule has 0 aromatic carbocycles. The maximum atomic E-state index is 12.7. The van der Waals surface area contributed by atoms with Crippen molar-refractivity contribution >= 4 is 39.9 Å². The number of anilines is 1. The summed E-state index contributed by atoms with van der Waals surface area (Å²) in [5, 5.41) is 13.0. The number of fused-ring (bicyclic) bond motifs is 2. The largest absolute Gasteiger partial charge is 0.315 e. The molecule has 0 radical (unpaired) electrons. The molecule has 3 heterocycles. The molecule has 2 saturated heterocycles. The third-order valence-corrected chi connectivity index (χ3v) is 7.73. The van der Waals surface area contributed by atoms with Gasteiger partial charge in [0.1, 0.15) is 17.1 Å². The van der Waals surface area contributed by atoms with Gasteiger partial charge in [-0.3, -0.25) is 9.59 Å². The topological polar surface area (TPSA) is 73.2 Å². The molecule has 3 aliphatic rings. The molecule has 0 spiro atoms. The number of nitrogens with zero attached hydrogens (tertiary/aromatic N) is 2. The Balaban J connectivity index is 1.58. The lowest BCUT2D eigenvalue weighted by atomic mass is 10.1. The molecule has 2 fully saturated rings. The first-order valence-electron chi connectivity index (χ1n) is 7.85. The van der Waals surface area contributed by atoms with E-state index in [9.17, 15) is 14.9 Å². The van der Waals surface area contributed by atoms with Gasteiger partial charge in [0.15, 0.2) is 0 Å². The van der Waals surface area contributed by atoms with Gasteiger partial charge in [-0.25, -0.2) is 0 Å². The SMILES string of the molecule is C[C@]12CCC(=O)N1[C@@H](C(=O)Nc1sc3c(c1C#N)CCC3)CS2. The Morgan fingerprint density at radius 1 is 1.43 bits per heavy atom. The number of hydrogen-bond donors (Lipinski definition) is 1. The number of thiophene rings is 1. The normalized spacial score (nSPS) is 28.6. The molecule has 2 amide bonds. The maximum absolute atomic E-state index is 12.7. The molecule has 0 unspecified atom stereocenters. The number of thioether (sulfide) groups is 1. The molecular weight excluding hydrogens is 330 g/mol. The van der Waals surface area contributed by atoms with Gasteiger partial charge in [0.2, 0.25) is 11.8 Å². The van der Waals surface area contributed by atoms with Crippen LogP contribution >= 0.6 is 23.1 Å². The molecule has 1 aromatic heterocycles. The molecule has 1 N–H and O–H groups in total. The van der Waals surface area contributed by atoms with E-state index in [2.05, 4.69) is 11.4 Å². The molecule has 120 valence electrons. The summed E-state index contributed by atoms with van der Waals surface area (Å²) in [6.45, 7) is 2.04. The second kappa shape index (κ2) is 5.25. The monoisotopic (exact) mass is 347 g/mol. The quantitative estimate of drug-likeness (QED) is 0.892. The van der Waals surface area contributed by atoms with E-state index >= 15 is 0 Å². The van der Waals surface area contributed by atoms with Crippen LogP contribution in [-0.2, 0) is 22.4 Å². The van der Waals surface area contributed by atoms with Crippen LogP contribution in [0.25, 0.3) is 0 Å². The Labute approximate surface area is 143 Å². The molecule has 7 heteroatoms. The van der Waals surface area contributed by atoms with E-state index in [1.165, 1.54) is 16.2 Å². The minimum absolute atomic E-state index is 0.0619. The summed E-state index contributed by atoms with van der Waals surface area (Å²) < 4.78 is 0. The van der Waals surface area contributed by atoms with E-state index in [1.54, 1.807) is 16.7 Å². The molecule has 0 bridgehead atoms. The summed E-state index contributed by atoms with van der Waals surface area (Å²) >= 11 is 3.20. The van der Waals surface area contributed by atoms with Gasteiger partial charge < -0.3 is 10.2 Å². The fourth-order valence-electron chi connectivity index (χ4n) is 3.82. The molecule has 0 saturated carbocycles. The average molecular weight is 347 g/mol. The van der Waals surface area contributed by atoms with Gasteiger partial charge in [-0.15, -0.1) is 23.1 Å². The third-order valence-electron chi connectivity index (χ3n) is 5.02. The second-order valence-electron chi connectivity index (χ2n) is 6.43. The first-order valence-corrected chi connectivity index (χ1v) is 9.65. The van der Waals surface area contributed by atoms with Crippen LogP contribution < -0.4 is 5.32 Å². The fourth-order valence-corrected chi connectivity index (χ4v) is 6.50. The molecule has 2 atom stereocenters. The molecular formula is C16H17N3O2S2. The Morgan fingerprint density at radius 2 is 2.26 bits per heavy atom. The molecule has 1 aliphatic carbocycles. The van der Waals surface area contributed by atoms with Gasteiger partial charge in [-0.05, 0) is 38.2 Å².